The zero-order valence-electron chi connectivity index (χ0n) is 16.5. The summed E-state index contributed by atoms with van der Waals surface area (Å²) >= 11 is 6.76. The lowest BCUT2D eigenvalue weighted by Crippen LogP contribution is -2.22. The smallest absolute Gasteiger partial charge is 0.406 e. The number of hydrogen-bond acceptors (Lipinski definition) is 2. The molecule has 4 rings (SSSR count). The average Bonchev–Trinajstić information content (AvgIpc) is 2.98. The van der Waals surface area contributed by atoms with Gasteiger partial charge in [0.25, 0.3) is 0 Å². The van der Waals surface area contributed by atoms with Gasteiger partial charge >= 0.3 is 12.1 Å². The fourth-order valence-corrected chi connectivity index (χ4v) is 4.04. The monoisotopic (exact) mass is 566 g/mol. The molecule has 0 saturated heterocycles. The highest BCUT2D eigenvalue weighted by Crippen LogP contribution is 2.32. The first-order valence-corrected chi connectivity index (χ1v) is 10.9. The quantitative estimate of drug-likeness (QED) is 0.265. The number of benzene rings is 3. The first-order valence-electron chi connectivity index (χ1n) is 9.36. The maximum absolute atomic E-state index is 13.6. The number of aromatic nitrogens is 2. The average molecular weight is 568 g/mol. The summed E-state index contributed by atoms with van der Waals surface area (Å²) in [6.45, 7) is 1.76. The molecule has 0 saturated carbocycles. The molecule has 0 spiro atoms. The number of hydrogen-bond donors (Lipinski definition) is 0. The van der Waals surface area contributed by atoms with Crippen LogP contribution < -0.4 is 10.4 Å². The van der Waals surface area contributed by atoms with E-state index in [0.29, 0.717) is 28.3 Å². The van der Waals surface area contributed by atoms with Gasteiger partial charge in [0.2, 0.25) is 0 Å². The molecule has 0 radical (unpaired) electrons. The Morgan fingerprint density at radius 1 is 0.812 bits per heavy atom. The van der Waals surface area contributed by atoms with Crippen LogP contribution >= 0.6 is 31.9 Å². The molecule has 3 aromatic carbocycles. The third kappa shape index (κ3) is 4.54. The summed E-state index contributed by atoms with van der Waals surface area (Å²) in [7, 11) is 0. The number of nitrogens with zero attached hydrogens (tertiary/aromatic N) is 2. The Hall–Kier alpha value is -2.78. The van der Waals surface area contributed by atoms with Crippen LogP contribution in [0.3, 0.4) is 0 Å². The SMILES string of the molecule is Cc1c(-c2cccc(OC(F)(F)F)c2)n(-c2ccc(Br)cc2)c(=O)n1-c1ccc(Br)cc1. The van der Waals surface area contributed by atoms with Crippen LogP contribution in [0.4, 0.5) is 13.2 Å². The molecular weight excluding hydrogens is 553 g/mol. The van der Waals surface area contributed by atoms with Gasteiger partial charge in [0, 0.05) is 20.2 Å². The van der Waals surface area contributed by atoms with Gasteiger partial charge in [-0.05, 0) is 67.6 Å². The van der Waals surface area contributed by atoms with Gasteiger partial charge in [0.05, 0.1) is 17.1 Å². The lowest BCUT2D eigenvalue weighted by molar-refractivity contribution is -0.274. The predicted molar refractivity (Wildman–Crippen MR) is 124 cm³/mol. The van der Waals surface area contributed by atoms with Gasteiger partial charge in [0.1, 0.15) is 5.75 Å². The molecule has 32 heavy (non-hydrogen) atoms. The van der Waals surface area contributed by atoms with Crippen LogP contribution in [-0.2, 0) is 0 Å². The topological polar surface area (TPSA) is 36.2 Å². The van der Waals surface area contributed by atoms with Gasteiger partial charge in [-0.2, -0.15) is 0 Å². The molecule has 0 unspecified atom stereocenters. The van der Waals surface area contributed by atoms with Gasteiger partial charge in [-0.3, -0.25) is 9.13 Å². The van der Waals surface area contributed by atoms with Crippen molar-refractivity contribution in [3.63, 3.8) is 0 Å². The van der Waals surface area contributed by atoms with E-state index >= 15 is 0 Å². The maximum atomic E-state index is 13.6. The fourth-order valence-electron chi connectivity index (χ4n) is 3.51. The summed E-state index contributed by atoms with van der Waals surface area (Å²) in [6, 6.07) is 19.9. The lowest BCUT2D eigenvalue weighted by atomic mass is 10.1. The first kappa shape index (κ1) is 22.4. The molecule has 0 aliphatic carbocycles. The minimum Gasteiger partial charge on any atom is -0.406 e. The summed E-state index contributed by atoms with van der Waals surface area (Å²) in [6.07, 6.45) is -4.82. The number of ether oxygens (including phenoxy) is 1. The van der Waals surface area contributed by atoms with E-state index in [1.165, 1.54) is 27.3 Å². The van der Waals surface area contributed by atoms with Crippen molar-refractivity contribution < 1.29 is 17.9 Å². The van der Waals surface area contributed by atoms with Crippen LogP contribution in [0, 0.1) is 6.92 Å². The third-order valence-electron chi connectivity index (χ3n) is 4.79. The molecule has 9 heteroatoms. The predicted octanol–water partition coefficient (Wildman–Crippen LogP) is 7.03. The minimum absolute atomic E-state index is 0.343. The maximum Gasteiger partial charge on any atom is 0.573 e. The standard InChI is InChI=1S/C23H15Br2F3N2O2/c1-14-21(15-3-2-4-20(13-15)32-23(26,27)28)30(19-11-7-17(25)8-12-19)22(31)29(14)18-9-5-16(24)6-10-18/h2-13H,1H3. The summed E-state index contributed by atoms with van der Waals surface area (Å²) in [5.74, 6) is -0.361. The Morgan fingerprint density at radius 2 is 1.34 bits per heavy atom. The Bertz CT molecular complexity index is 1330. The number of imidazole rings is 1. The van der Waals surface area contributed by atoms with Crippen molar-refractivity contribution in [1.29, 1.82) is 0 Å². The van der Waals surface area contributed by atoms with Gasteiger partial charge in [-0.15, -0.1) is 13.2 Å². The summed E-state index contributed by atoms with van der Waals surface area (Å²) in [5, 5.41) is 0. The van der Waals surface area contributed by atoms with Crippen LogP contribution in [0.15, 0.2) is 86.5 Å². The number of alkyl halides is 3. The van der Waals surface area contributed by atoms with E-state index in [4.69, 9.17) is 0 Å². The van der Waals surface area contributed by atoms with Crippen LogP contribution in [-0.4, -0.2) is 15.5 Å². The van der Waals surface area contributed by atoms with Crippen molar-refractivity contribution in [3.05, 3.63) is 97.9 Å². The van der Waals surface area contributed by atoms with Gasteiger partial charge < -0.3 is 4.74 Å². The molecule has 164 valence electrons. The molecule has 4 aromatic rings. The number of rotatable bonds is 4. The Balaban J connectivity index is 1.98. The molecule has 0 N–H and O–H groups in total. The molecule has 1 heterocycles. The van der Waals surface area contributed by atoms with E-state index in [9.17, 15) is 18.0 Å². The summed E-state index contributed by atoms with van der Waals surface area (Å²) in [4.78, 5) is 13.6. The number of halogens is 5. The van der Waals surface area contributed by atoms with Crippen LogP contribution in [0.5, 0.6) is 5.75 Å². The van der Waals surface area contributed by atoms with Crippen molar-refractivity contribution in [2.75, 3.05) is 0 Å². The Kier molecular flexibility index (Phi) is 6.05. The Morgan fingerprint density at radius 3 is 1.88 bits per heavy atom. The molecule has 0 fully saturated rings. The van der Waals surface area contributed by atoms with Crippen molar-refractivity contribution in [1.82, 2.24) is 9.13 Å². The van der Waals surface area contributed by atoms with E-state index in [-0.39, 0.29) is 11.4 Å². The molecule has 0 bridgehead atoms. The summed E-state index contributed by atoms with van der Waals surface area (Å²) in [5.41, 5.74) is 2.33. The fraction of sp³-hybridized carbons (Fsp3) is 0.0870. The van der Waals surface area contributed by atoms with Crippen molar-refractivity contribution in [3.8, 4) is 28.4 Å². The van der Waals surface area contributed by atoms with E-state index in [1.54, 1.807) is 49.4 Å². The van der Waals surface area contributed by atoms with E-state index in [2.05, 4.69) is 36.6 Å². The highest BCUT2D eigenvalue weighted by atomic mass is 79.9. The van der Waals surface area contributed by atoms with Crippen LogP contribution in [0.25, 0.3) is 22.6 Å². The highest BCUT2D eigenvalue weighted by molar-refractivity contribution is 9.10. The molecule has 0 amide bonds. The van der Waals surface area contributed by atoms with E-state index in [1.807, 2.05) is 12.1 Å². The Labute approximate surface area is 198 Å². The third-order valence-corrected chi connectivity index (χ3v) is 5.85. The molecule has 0 atom stereocenters. The molecular formula is C23H15Br2F3N2O2. The first-order chi connectivity index (χ1) is 15.1. The normalized spacial score (nSPS) is 11.6. The highest BCUT2D eigenvalue weighted by Gasteiger charge is 2.31. The minimum atomic E-state index is -4.82. The van der Waals surface area contributed by atoms with Crippen molar-refractivity contribution in [2.45, 2.75) is 13.3 Å². The van der Waals surface area contributed by atoms with Crippen LogP contribution in [0.1, 0.15) is 5.69 Å². The van der Waals surface area contributed by atoms with Gasteiger partial charge in [-0.25, -0.2) is 4.79 Å². The van der Waals surface area contributed by atoms with Gasteiger partial charge in [-0.1, -0.05) is 44.0 Å². The second-order valence-corrected chi connectivity index (χ2v) is 8.75. The van der Waals surface area contributed by atoms with Gasteiger partial charge in [0.15, 0.2) is 0 Å². The molecule has 0 aliphatic heterocycles. The molecule has 0 aliphatic rings. The molecule has 1 aromatic heterocycles. The summed E-state index contributed by atoms with van der Waals surface area (Å²) < 4.78 is 47.1. The lowest BCUT2D eigenvalue weighted by Gasteiger charge is -2.12. The second kappa shape index (κ2) is 8.63. The zero-order chi connectivity index (χ0) is 23.0. The van der Waals surface area contributed by atoms with Crippen molar-refractivity contribution >= 4 is 31.9 Å². The second-order valence-electron chi connectivity index (χ2n) is 6.92. The van der Waals surface area contributed by atoms with Crippen LogP contribution in [0.2, 0.25) is 0 Å². The zero-order valence-corrected chi connectivity index (χ0v) is 19.7. The molecule has 4 nitrogen and oxygen atoms in total. The van der Waals surface area contributed by atoms with E-state index < -0.39 is 6.36 Å². The van der Waals surface area contributed by atoms with Crippen molar-refractivity contribution in [2.24, 2.45) is 0 Å². The van der Waals surface area contributed by atoms with E-state index in [0.717, 1.165) is 8.95 Å². The largest absolute Gasteiger partial charge is 0.573 e.